The van der Waals surface area contributed by atoms with Crippen LogP contribution in [0.3, 0.4) is 0 Å². The van der Waals surface area contributed by atoms with Crippen LogP contribution in [-0.2, 0) is 20.7 Å². The molecule has 1 aromatic carbocycles. The normalized spacial score (nSPS) is 29.0. The number of hydrogen-bond donors (Lipinski definition) is 1. The Kier molecular flexibility index (Phi) is 4.64. The van der Waals surface area contributed by atoms with Gasteiger partial charge in [0.2, 0.25) is 5.91 Å². The van der Waals surface area contributed by atoms with Gasteiger partial charge < -0.3 is 14.8 Å². The van der Waals surface area contributed by atoms with Gasteiger partial charge in [-0.05, 0) is 42.5 Å². The largest absolute Gasteiger partial charge is 0.465 e. The molecule has 1 aromatic rings. The summed E-state index contributed by atoms with van der Waals surface area (Å²) in [4.78, 5) is 24.8. The lowest BCUT2D eigenvalue weighted by atomic mass is 9.80. The van der Waals surface area contributed by atoms with Crippen molar-refractivity contribution in [1.29, 1.82) is 0 Å². The van der Waals surface area contributed by atoms with Crippen molar-refractivity contribution in [2.45, 2.75) is 31.4 Å². The van der Waals surface area contributed by atoms with Gasteiger partial charge in [0.15, 0.2) is 0 Å². The van der Waals surface area contributed by atoms with Gasteiger partial charge in [0.05, 0.1) is 24.8 Å². The van der Waals surface area contributed by atoms with Gasteiger partial charge in [-0.2, -0.15) is 0 Å². The molecule has 1 fully saturated rings. The Labute approximate surface area is 153 Å². The molecule has 0 spiro atoms. The molecule has 5 heteroatoms. The first kappa shape index (κ1) is 17.0. The van der Waals surface area contributed by atoms with Crippen molar-refractivity contribution in [3.05, 3.63) is 59.2 Å². The van der Waals surface area contributed by atoms with Crippen LogP contribution in [0.5, 0.6) is 0 Å². The fourth-order valence-electron chi connectivity index (χ4n) is 4.24. The standard InChI is InChI=1S/C21H23NO4/c1-25-21(24)14-7-6-13-8-9-18(17(13)12-14)22-20(23)16-10-11-26-19-5-3-2-4-15(16)19/h2-7,12,15-16,18-19H,8-11H2,1H3,(H,22,23). The van der Waals surface area contributed by atoms with E-state index in [0.717, 1.165) is 24.8 Å². The summed E-state index contributed by atoms with van der Waals surface area (Å²) in [5.74, 6) is -0.264. The van der Waals surface area contributed by atoms with E-state index in [1.165, 1.54) is 12.7 Å². The smallest absolute Gasteiger partial charge is 0.337 e. The Balaban J connectivity index is 1.50. The molecule has 1 heterocycles. The third kappa shape index (κ3) is 3.07. The van der Waals surface area contributed by atoms with E-state index >= 15 is 0 Å². The Hall–Kier alpha value is -2.40. The molecule has 136 valence electrons. The zero-order chi connectivity index (χ0) is 18.1. The molecule has 0 saturated carbocycles. The molecule has 3 aliphatic rings. The van der Waals surface area contributed by atoms with Crippen molar-refractivity contribution in [1.82, 2.24) is 5.32 Å². The van der Waals surface area contributed by atoms with Gasteiger partial charge in [0.1, 0.15) is 0 Å². The summed E-state index contributed by atoms with van der Waals surface area (Å²) in [5, 5.41) is 3.22. The Morgan fingerprint density at radius 3 is 2.88 bits per heavy atom. The summed E-state index contributed by atoms with van der Waals surface area (Å²) in [5.41, 5.74) is 2.75. The Morgan fingerprint density at radius 2 is 2.04 bits per heavy atom. The predicted octanol–water partition coefficient (Wildman–Crippen LogP) is 2.72. The molecule has 0 aromatic heterocycles. The van der Waals surface area contributed by atoms with E-state index in [9.17, 15) is 9.59 Å². The maximum atomic E-state index is 13.0. The molecule has 1 amide bonds. The second-order valence-electron chi connectivity index (χ2n) is 7.08. The first-order chi connectivity index (χ1) is 12.7. The van der Waals surface area contributed by atoms with Crippen molar-refractivity contribution in [2.24, 2.45) is 11.8 Å². The first-order valence-corrected chi connectivity index (χ1v) is 9.15. The number of methoxy groups -OCH3 is 1. The molecule has 1 saturated heterocycles. The highest BCUT2D eigenvalue weighted by atomic mass is 16.5. The number of rotatable bonds is 3. The predicted molar refractivity (Wildman–Crippen MR) is 96.6 cm³/mol. The zero-order valence-corrected chi connectivity index (χ0v) is 14.8. The topological polar surface area (TPSA) is 64.6 Å². The molecular formula is C21H23NO4. The summed E-state index contributed by atoms with van der Waals surface area (Å²) in [6, 6.07) is 5.56. The van der Waals surface area contributed by atoms with Crippen LogP contribution in [0.15, 0.2) is 42.5 Å². The molecule has 5 nitrogen and oxygen atoms in total. The highest BCUT2D eigenvalue weighted by Gasteiger charge is 2.37. The van der Waals surface area contributed by atoms with Crippen LogP contribution in [0.4, 0.5) is 0 Å². The highest BCUT2D eigenvalue weighted by molar-refractivity contribution is 5.89. The summed E-state index contributed by atoms with van der Waals surface area (Å²) in [6.45, 7) is 0.602. The van der Waals surface area contributed by atoms with Crippen molar-refractivity contribution < 1.29 is 19.1 Å². The quantitative estimate of drug-likeness (QED) is 0.849. The highest BCUT2D eigenvalue weighted by Crippen LogP contribution is 2.35. The van der Waals surface area contributed by atoms with Crippen molar-refractivity contribution in [2.75, 3.05) is 13.7 Å². The molecule has 1 N–H and O–H groups in total. The zero-order valence-electron chi connectivity index (χ0n) is 14.8. The molecular weight excluding hydrogens is 330 g/mol. The van der Waals surface area contributed by atoms with Gasteiger partial charge in [-0.25, -0.2) is 4.79 Å². The number of hydrogen-bond acceptors (Lipinski definition) is 4. The summed E-state index contributed by atoms with van der Waals surface area (Å²) >= 11 is 0. The fourth-order valence-corrected chi connectivity index (χ4v) is 4.24. The lowest BCUT2D eigenvalue weighted by molar-refractivity contribution is -0.132. The van der Waals surface area contributed by atoms with Gasteiger partial charge in [-0.15, -0.1) is 0 Å². The second kappa shape index (κ2) is 7.08. The number of nitrogens with one attached hydrogen (secondary N) is 1. The number of fused-ring (bicyclic) bond motifs is 2. The van der Waals surface area contributed by atoms with Crippen molar-refractivity contribution in [3.63, 3.8) is 0 Å². The third-order valence-electron chi connectivity index (χ3n) is 5.63. The molecule has 0 bridgehead atoms. The molecule has 26 heavy (non-hydrogen) atoms. The Morgan fingerprint density at radius 1 is 1.19 bits per heavy atom. The molecule has 4 unspecified atom stereocenters. The van der Waals surface area contributed by atoms with E-state index in [1.54, 1.807) is 6.07 Å². The van der Waals surface area contributed by atoms with Crippen LogP contribution in [0.1, 0.15) is 40.4 Å². The van der Waals surface area contributed by atoms with Crippen molar-refractivity contribution in [3.8, 4) is 0 Å². The maximum absolute atomic E-state index is 13.0. The molecule has 0 radical (unpaired) electrons. The molecule has 4 rings (SSSR count). The van der Waals surface area contributed by atoms with Gasteiger partial charge in [-0.3, -0.25) is 4.79 Å². The van der Waals surface area contributed by atoms with E-state index < -0.39 is 0 Å². The lowest BCUT2D eigenvalue weighted by Gasteiger charge is -2.36. The van der Waals surface area contributed by atoms with E-state index in [-0.39, 0.29) is 35.9 Å². The number of carbonyl (C=O) groups excluding carboxylic acids is 2. The fraction of sp³-hybridized carbons (Fsp3) is 0.429. The van der Waals surface area contributed by atoms with Crippen LogP contribution in [0, 0.1) is 11.8 Å². The maximum Gasteiger partial charge on any atom is 0.337 e. The number of benzene rings is 1. The SMILES string of the molecule is COC(=O)c1ccc2c(c1)C(NC(=O)C1CCOC3C=CC=CC31)CC2. The van der Waals surface area contributed by atoms with Crippen LogP contribution in [0.2, 0.25) is 0 Å². The van der Waals surface area contributed by atoms with E-state index in [0.29, 0.717) is 12.2 Å². The number of ether oxygens (including phenoxy) is 2. The first-order valence-electron chi connectivity index (χ1n) is 9.15. The number of carbonyl (C=O) groups is 2. The minimum absolute atomic E-state index is 0.00806. The average Bonchev–Trinajstić information content (AvgIpc) is 3.08. The minimum atomic E-state index is -0.351. The number of esters is 1. The van der Waals surface area contributed by atoms with Gasteiger partial charge in [-0.1, -0.05) is 30.4 Å². The molecule has 4 atom stereocenters. The summed E-state index contributed by atoms with van der Waals surface area (Å²) in [6.07, 6.45) is 10.6. The number of amides is 1. The molecule has 1 aliphatic heterocycles. The van der Waals surface area contributed by atoms with Crippen LogP contribution >= 0.6 is 0 Å². The van der Waals surface area contributed by atoms with E-state index in [1.807, 2.05) is 30.4 Å². The van der Waals surface area contributed by atoms with E-state index in [2.05, 4.69) is 11.4 Å². The number of allylic oxidation sites excluding steroid dienone is 2. The molecule has 2 aliphatic carbocycles. The summed E-state index contributed by atoms with van der Waals surface area (Å²) in [7, 11) is 1.38. The Bertz CT molecular complexity index is 782. The van der Waals surface area contributed by atoms with Crippen LogP contribution < -0.4 is 5.32 Å². The third-order valence-corrected chi connectivity index (χ3v) is 5.63. The minimum Gasteiger partial charge on any atom is -0.465 e. The number of aryl methyl sites for hydroxylation is 1. The van der Waals surface area contributed by atoms with Gasteiger partial charge in [0, 0.05) is 18.4 Å². The van der Waals surface area contributed by atoms with Gasteiger partial charge in [0.25, 0.3) is 0 Å². The van der Waals surface area contributed by atoms with E-state index in [4.69, 9.17) is 9.47 Å². The summed E-state index contributed by atoms with van der Waals surface area (Å²) < 4.78 is 10.6. The van der Waals surface area contributed by atoms with Gasteiger partial charge >= 0.3 is 5.97 Å². The lowest BCUT2D eigenvalue weighted by Crippen LogP contribution is -2.44. The second-order valence-corrected chi connectivity index (χ2v) is 7.08. The van der Waals surface area contributed by atoms with Crippen LogP contribution in [0.25, 0.3) is 0 Å². The van der Waals surface area contributed by atoms with Crippen molar-refractivity contribution >= 4 is 11.9 Å². The monoisotopic (exact) mass is 353 g/mol. The average molecular weight is 353 g/mol. The van der Waals surface area contributed by atoms with Crippen LogP contribution in [-0.4, -0.2) is 31.7 Å².